The average molecular weight is 601 g/mol. The van der Waals surface area contributed by atoms with Crippen LogP contribution < -0.4 is 4.74 Å². The van der Waals surface area contributed by atoms with E-state index in [2.05, 4.69) is 24.0 Å². The van der Waals surface area contributed by atoms with Crippen molar-refractivity contribution in [3.63, 3.8) is 0 Å². The van der Waals surface area contributed by atoms with Gasteiger partial charge in [-0.3, -0.25) is 9.69 Å². The predicted molar refractivity (Wildman–Crippen MR) is 160 cm³/mol. The summed E-state index contributed by atoms with van der Waals surface area (Å²) in [6.07, 6.45) is -1.92. The summed E-state index contributed by atoms with van der Waals surface area (Å²) in [5, 5.41) is 0.691. The van der Waals surface area contributed by atoms with Gasteiger partial charge in [0.2, 0.25) is 0 Å². The molecule has 5 nitrogen and oxygen atoms in total. The number of halogens is 4. The van der Waals surface area contributed by atoms with E-state index in [1.165, 1.54) is 13.2 Å². The first kappa shape index (κ1) is 31.4. The van der Waals surface area contributed by atoms with Gasteiger partial charge in [0.25, 0.3) is 0 Å². The van der Waals surface area contributed by atoms with Crippen LogP contribution in [-0.2, 0) is 28.8 Å². The van der Waals surface area contributed by atoms with Gasteiger partial charge in [0, 0.05) is 37.8 Å². The summed E-state index contributed by atoms with van der Waals surface area (Å²) in [4.78, 5) is 14.0. The van der Waals surface area contributed by atoms with Gasteiger partial charge in [0.05, 0.1) is 35.7 Å². The zero-order valence-corrected chi connectivity index (χ0v) is 24.8. The number of rotatable bonds is 13. The predicted octanol–water partition coefficient (Wildman–Crippen LogP) is 8.20. The molecule has 224 valence electrons. The van der Waals surface area contributed by atoms with Crippen molar-refractivity contribution < 1.29 is 27.4 Å². The normalized spacial score (nSPS) is 13.3. The number of nitrogens with zero attached hydrogens (tertiary/aromatic N) is 2. The van der Waals surface area contributed by atoms with E-state index in [0.717, 1.165) is 28.3 Å². The lowest BCUT2D eigenvalue weighted by Crippen LogP contribution is -2.30. The van der Waals surface area contributed by atoms with E-state index in [1.54, 1.807) is 6.07 Å². The maximum atomic E-state index is 13.5. The zero-order valence-electron chi connectivity index (χ0n) is 24.0. The van der Waals surface area contributed by atoms with Crippen LogP contribution in [0, 0.1) is 5.92 Å². The summed E-state index contributed by atoms with van der Waals surface area (Å²) in [6, 6.07) is 21.9. The van der Waals surface area contributed by atoms with E-state index in [-0.39, 0.29) is 29.4 Å². The number of carbonyl (C=O) groups is 1. The third kappa shape index (κ3) is 7.86. The number of alkyl halides is 3. The molecule has 0 saturated heterocycles. The standard InChI is InChI=1S/C33H36ClF3N2O3/c1-23(25-10-5-4-6-11-25)20-38(22-26-12-7-13-28(31(26)34)33(35,36)37)17-9-19-42-30-15-8-14-29-27(30)16-18-39(29)21-24(2)32(40)41-3/h4-8,10-16,18,23-24H,9,17,19-22H2,1-3H3. The number of carbonyl (C=O) groups excluding carboxylic acids is 1. The Kier molecular flexibility index (Phi) is 10.6. The summed E-state index contributed by atoms with van der Waals surface area (Å²) in [5.41, 5.74) is 1.74. The molecule has 4 aromatic rings. The molecule has 0 saturated carbocycles. The molecule has 3 aromatic carbocycles. The lowest BCUT2D eigenvalue weighted by molar-refractivity contribution is -0.145. The van der Waals surface area contributed by atoms with Crippen molar-refractivity contribution in [1.29, 1.82) is 0 Å². The minimum atomic E-state index is -4.51. The highest BCUT2D eigenvalue weighted by Crippen LogP contribution is 2.37. The van der Waals surface area contributed by atoms with Crippen molar-refractivity contribution in [1.82, 2.24) is 9.47 Å². The van der Waals surface area contributed by atoms with Crippen molar-refractivity contribution in [3.8, 4) is 5.75 Å². The fourth-order valence-electron chi connectivity index (χ4n) is 5.19. The fourth-order valence-corrected chi connectivity index (χ4v) is 5.49. The van der Waals surface area contributed by atoms with Crippen LogP contribution in [-0.4, -0.2) is 42.2 Å². The quantitative estimate of drug-likeness (QED) is 0.115. The van der Waals surface area contributed by atoms with E-state index in [9.17, 15) is 18.0 Å². The second kappa shape index (κ2) is 14.1. The number of ether oxygens (including phenoxy) is 2. The average Bonchev–Trinajstić information content (AvgIpc) is 3.38. The smallest absolute Gasteiger partial charge is 0.417 e. The van der Waals surface area contributed by atoms with Crippen LogP contribution in [0.2, 0.25) is 5.02 Å². The van der Waals surface area contributed by atoms with Crippen LogP contribution >= 0.6 is 11.6 Å². The Bertz CT molecular complexity index is 1470. The second-order valence-electron chi connectivity index (χ2n) is 10.6. The number of hydrogen-bond acceptors (Lipinski definition) is 4. The minimum Gasteiger partial charge on any atom is -0.493 e. The number of benzene rings is 3. The van der Waals surface area contributed by atoms with Crippen molar-refractivity contribution in [2.24, 2.45) is 5.92 Å². The number of hydrogen-bond donors (Lipinski definition) is 0. The molecule has 0 radical (unpaired) electrons. The molecule has 4 rings (SSSR count). The number of aromatic nitrogens is 1. The van der Waals surface area contributed by atoms with E-state index in [0.29, 0.717) is 38.2 Å². The van der Waals surface area contributed by atoms with Gasteiger partial charge in [-0.15, -0.1) is 0 Å². The van der Waals surface area contributed by atoms with Gasteiger partial charge in [-0.25, -0.2) is 0 Å². The topological polar surface area (TPSA) is 43.7 Å². The molecule has 0 amide bonds. The first-order chi connectivity index (χ1) is 20.1. The Balaban J connectivity index is 1.44. The third-order valence-electron chi connectivity index (χ3n) is 7.40. The number of esters is 1. The van der Waals surface area contributed by atoms with Gasteiger partial charge in [-0.2, -0.15) is 13.2 Å². The van der Waals surface area contributed by atoms with Crippen LogP contribution in [0.1, 0.15) is 42.9 Å². The summed E-state index contributed by atoms with van der Waals surface area (Å²) in [5.74, 6) is 0.353. The molecule has 2 atom stereocenters. The molecule has 0 aliphatic carbocycles. The first-order valence-electron chi connectivity index (χ1n) is 14.0. The number of fused-ring (bicyclic) bond motifs is 1. The Labute approximate surface area is 249 Å². The summed E-state index contributed by atoms with van der Waals surface area (Å²) in [6.45, 7) is 6.40. The van der Waals surface area contributed by atoms with Crippen LogP contribution in [0.5, 0.6) is 5.75 Å². The van der Waals surface area contributed by atoms with Crippen LogP contribution in [0.4, 0.5) is 13.2 Å². The van der Waals surface area contributed by atoms with Gasteiger partial charge in [0.15, 0.2) is 0 Å². The van der Waals surface area contributed by atoms with Gasteiger partial charge in [-0.1, -0.05) is 74.0 Å². The molecular formula is C33H36ClF3N2O3. The highest BCUT2D eigenvalue weighted by atomic mass is 35.5. The third-order valence-corrected chi connectivity index (χ3v) is 7.85. The summed E-state index contributed by atoms with van der Waals surface area (Å²) >= 11 is 6.25. The molecule has 1 aromatic heterocycles. The molecule has 0 aliphatic heterocycles. The Hall–Kier alpha value is -3.49. The molecule has 0 fully saturated rings. The van der Waals surface area contributed by atoms with Gasteiger partial charge < -0.3 is 14.0 Å². The maximum Gasteiger partial charge on any atom is 0.417 e. The molecule has 0 bridgehead atoms. The van der Waals surface area contributed by atoms with Crippen molar-refractivity contribution in [2.45, 2.75) is 45.5 Å². The minimum absolute atomic E-state index is 0.164. The van der Waals surface area contributed by atoms with Crippen molar-refractivity contribution in [3.05, 3.63) is 101 Å². The molecule has 2 unspecified atom stereocenters. The zero-order chi connectivity index (χ0) is 30.3. The SMILES string of the molecule is COC(=O)C(C)Cn1ccc2c(OCCCN(Cc3cccc(C(F)(F)F)c3Cl)CC(C)c3ccccc3)cccc21. The van der Waals surface area contributed by atoms with Gasteiger partial charge >= 0.3 is 12.1 Å². The molecule has 0 spiro atoms. The van der Waals surface area contributed by atoms with Crippen LogP contribution in [0.3, 0.4) is 0 Å². The lowest BCUT2D eigenvalue weighted by Gasteiger charge is -2.27. The van der Waals surface area contributed by atoms with Crippen LogP contribution in [0.25, 0.3) is 10.9 Å². The summed E-state index contributed by atoms with van der Waals surface area (Å²) in [7, 11) is 1.39. The van der Waals surface area contributed by atoms with Crippen molar-refractivity contribution in [2.75, 3.05) is 26.8 Å². The molecule has 0 aliphatic rings. The Morgan fingerprint density at radius 1 is 1.00 bits per heavy atom. The molecular weight excluding hydrogens is 565 g/mol. The van der Waals surface area contributed by atoms with E-state index >= 15 is 0 Å². The maximum absolute atomic E-state index is 13.5. The molecule has 1 heterocycles. The van der Waals surface area contributed by atoms with Gasteiger partial charge in [-0.05, 0) is 47.7 Å². The number of methoxy groups -OCH3 is 1. The second-order valence-corrected chi connectivity index (χ2v) is 11.0. The van der Waals surface area contributed by atoms with E-state index < -0.39 is 11.7 Å². The molecule has 9 heteroatoms. The first-order valence-corrected chi connectivity index (χ1v) is 14.4. The lowest BCUT2D eigenvalue weighted by atomic mass is 10.00. The van der Waals surface area contributed by atoms with Crippen molar-refractivity contribution >= 4 is 28.5 Å². The molecule has 42 heavy (non-hydrogen) atoms. The van der Waals surface area contributed by atoms with E-state index in [4.69, 9.17) is 21.1 Å². The summed E-state index contributed by atoms with van der Waals surface area (Å²) < 4.78 is 53.5. The van der Waals surface area contributed by atoms with Crippen LogP contribution in [0.15, 0.2) is 79.0 Å². The molecule has 0 N–H and O–H groups in total. The van der Waals surface area contributed by atoms with Gasteiger partial charge in [0.1, 0.15) is 5.75 Å². The largest absolute Gasteiger partial charge is 0.493 e. The Morgan fingerprint density at radius 2 is 1.74 bits per heavy atom. The monoisotopic (exact) mass is 600 g/mol. The fraction of sp³-hybridized carbons (Fsp3) is 0.364. The van der Waals surface area contributed by atoms with E-state index in [1.807, 2.05) is 60.2 Å². The Morgan fingerprint density at radius 3 is 2.45 bits per heavy atom. The highest BCUT2D eigenvalue weighted by Gasteiger charge is 2.34. The highest BCUT2D eigenvalue weighted by molar-refractivity contribution is 6.32.